The van der Waals surface area contributed by atoms with Crippen molar-refractivity contribution < 1.29 is 0 Å². The van der Waals surface area contributed by atoms with Gasteiger partial charge in [0.15, 0.2) is 10.9 Å². The summed E-state index contributed by atoms with van der Waals surface area (Å²) in [5.41, 5.74) is 1.08. The molecule has 4 rings (SSSR count). The first-order valence-corrected chi connectivity index (χ1v) is 8.35. The Kier molecular flexibility index (Phi) is 3.60. The molecule has 0 saturated carbocycles. The molecule has 3 aromatic rings. The van der Waals surface area contributed by atoms with Crippen LogP contribution in [0.2, 0.25) is 0 Å². The highest BCUT2D eigenvalue weighted by Crippen LogP contribution is 2.27. The number of benzene rings is 1. The Hall–Kier alpha value is -2.21. The molecule has 0 spiro atoms. The van der Waals surface area contributed by atoms with E-state index < -0.39 is 0 Å². The molecule has 3 heterocycles. The Bertz CT molecular complexity index is 716. The van der Waals surface area contributed by atoms with Crippen LogP contribution in [0.1, 0.15) is 12.8 Å². The van der Waals surface area contributed by atoms with Gasteiger partial charge < -0.3 is 10.2 Å². The van der Waals surface area contributed by atoms with Crippen molar-refractivity contribution in [2.45, 2.75) is 18.9 Å². The lowest BCUT2D eigenvalue weighted by Crippen LogP contribution is -2.39. The van der Waals surface area contributed by atoms with E-state index in [4.69, 9.17) is 0 Å². The Labute approximate surface area is 133 Å². The molecule has 112 valence electrons. The van der Waals surface area contributed by atoms with Crippen LogP contribution in [0.15, 0.2) is 42.6 Å². The first-order chi connectivity index (χ1) is 10.9. The van der Waals surface area contributed by atoms with Gasteiger partial charge in [-0.2, -0.15) is 5.10 Å². The summed E-state index contributed by atoms with van der Waals surface area (Å²) >= 11 is 1.73. The van der Waals surface area contributed by atoms with Crippen LogP contribution in [0, 0.1) is 0 Å². The topological polar surface area (TPSA) is 53.9 Å². The number of para-hydroxylation sites is 1. The number of thiazole rings is 1. The molecule has 0 aliphatic carbocycles. The van der Waals surface area contributed by atoms with Crippen molar-refractivity contribution in [2.75, 3.05) is 23.3 Å². The summed E-state index contributed by atoms with van der Waals surface area (Å²) in [4.78, 5) is 6.95. The van der Waals surface area contributed by atoms with Crippen molar-refractivity contribution in [3.05, 3.63) is 42.6 Å². The maximum absolute atomic E-state index is 4.66. The van der Waals surface area contributed by atoms with E-state index in [-0.39, 0.29) is 0 Å². The lowest BCUT2D eigenvalue weighted by atomic mass is 10.1. The highest BCUT2D eigenvalue weighted by molar-refractivity contribution is 7.22. The molecule has 1 aliphatic rings. The Morgan fingerprint density at radius 1 is 1.09 bits per heavy atom. The highest BCUT2D eigenvalue weighted by Gasteiger charge is 2.21. The number of rotatable bonds is 3. The van der Waals surface area contributed by atoms with Crippen LogP contribution in [0.25, 0.3) is 10.2 Å². The molecule has 2 aromatic heterocycles. The molecular weight excluding hydrogens is 294 g/mol. The summed E-state index contributed by atoms with van der Waals surface area (Å²) in [6.45, 7) is 2.00. The maximum Gasteiger partial charge on any atom is 0.184 e. The third kappa shape index (κ3) is 2.74. The number of nitrogens with one attached hydrogen (secondary N) is 1. The van der Waals surface area contributed by atoms with Gasteiger partial charge in [-0.1, -0.05) is 23.5 Å². The van der Waals surface area contributed by atoms with Crippen molar-refractivity contribution >= 4 is 32.5 Å². The average Bonchev–Trinajstić information content (AvgIpc) is 2.98. The van der Waals surface area contributed by atoms with Gasteiger partial charge in [-0.15, -0.1) is 5.10 Å². The van der Waals surface area contributed by atoms with E-state index >= 15 is 0 Å². The van der Waals surface area contributed by atoms with E-state index in [2.05, 4.69) is 43.6 Å². The zero-order chi connectivity index (χ0) is 14.8. The molecule has 0 atom stereocenters. The monoisotopic (exact) mass is 311 g/mol. The van der Waals surface area contributed by atoms with Crippen LogP contribution < -0.4 is 10.2 Å². The van der Waals surface area contributed by atoms with E-state index in [1.54, 1.807) is 17.5 Å². The number of fused-ring (bicyclic) bond motifs is 1. The predicted octanol–water partition coefficient (Wildman–Crippen LogP) is 3.17. The van der Waals surface area contributed by atoms with Gasteiger partial charge >= 0.3 is 0 Å². The summed E-state index contributed by atoms with van der Waals surface area (Å²) in [5.74, 6) is 0.973. The zero-order valence-electron chi connectivity index (χ0n) is 12.1. The van der Waals surface area contributed by atoms with Gasteiger partial charge in [0.25, 0.3) is 0 Å². The van der Waals surface area contributed by atoms with Crippen LogP contribution in [-0.2, 0) is 0 Å². The molecule has 0 radical (unpaired) electrons. The highest BCUT2D eigenvalue weighted by atomic mass is 32.1. The molecule has 0 amide bonds. The lowest BCUT2D eigenvalue weighted by Gasteiger charge is -2.32. The van der Waals surface area contributed by atoms with Gasteiger partial charge in [-0.3, -0.25) is 0 Å². The number of nitrogens with zero attached hydrogens (tertiary/aromatic N) is 4. The van der Waals surface area contributed by atoms with Crippen molar-refractivity contribution in [2.24, 2.45) is 0 Å². The summed E-state index contributed by atoms with van der Waals surface area (Å²) in [6.07, 6.45) is 3.89. The van der Waals surface area contributed by atoms with Crippen LogP contribution in [0.3, 0.4) is 0 Å². The smallest absolute Gasteiger partial charge is 0.184 e. The fourth-order valence-electron chi connectivity index (χ4n) is 2.82. The number of piperidine rings is 1. The predicted molar refractivity (Wildman–Crippen MR) is 90.5 cm³/mol. The molecule has 1 aliphatic heterocycles. The number of aromatic nitrogens is 3. The molecule has 0 bridgehead atoms. The second-order valence-electron chi connectivity index (χ2n) is 5.47. The summed E-state index contributed by atoms with van der Waals surface area (Å²) in [5, 5.41) is 12.8. The Morgan fingerprint density at radius 3 is 2.73 bits per heavy atom. The summed E-state index contributed by atoms with van der Waals surface area (Å²) in [7, 11) is 0. The van der Waals surface area contributed by atoms with Gasteiger partial charge in [-0.25, -0.2) is 4.98 Å². The molecule has 1 N–H and O–H groups in total. The minimum atomic E-state index is 0.480. The third-order valence-corrected chi connectivity index (χ3v) is 4.97. The van der Waals surface area contributed by atoms with Crippen LogP contribution in [-0.4, -0.2) is 34.3 Å². The molecule has 22 heavy (non-hydrogen) atoms. The molecule has 1 fully saturated rings. The minimum absolute atomic E-state index is 0.480. The second kappa shape index (κ2) is 5.88. The van der Waals surface area contributed by atoms with E-state index in [0.717, 1.165) is 42.4 Å². The Morgan fingerprint density at radius 2 is 1.95 bits per heavy atom. The van der Waals surface area contributed by atoms with E-state index in [1.807, 2.05) is 18.2 Å². The fraction of sp³-hybridized carbons (Fsp3) is 0.312. The first kappa shape index (κ1) is 13.5. The third-order valence-electron chi connectivity index (χ3n) is 4.00. The van der Waals surface area contributed by atoms with E-state index in [1.165, 1.54) is 4.70 Å². The fourth-order valence-corrected chi connectivity index (χ4v) is 3.77. The maximum atomic E-state index is 4.66. The van der Waals surface area contributed by atoms with Crippen molar-refractivity contribution in [3.8, 4) is 0 Å². The molecule has 6 heteroatoms. The average molecular weight is 311 g/mol. The summed E-state index contributed by atoms with van der Waals surface area (Å²) in [6, 6.07) is 12.7. The SMILES string of the molecule is c1cnnc(N2CCC(Nc3nc4ccccc4s3)CC2)c1. The molecular formula is C16H17N5S. The van der Waals surface area contributed by atoms with Gasteiger partial charge in [0.05, 0.1) is 10.2 Å². The van der Waals surface area contributed by atoms with Crippen LogP contribution in [0.4, 0.5) is 10.9 Å². The van der Waals surface area contributed by atoms with Crippen molar-refractivity contribution in [1.29, 1.82) is 0 Å². The molecule has 1 saturated heterocycles. The van der Waals surface area contributed by atoms with Gasteiger partial charge in [-0.05, 0) is 37.1 Å². The Balaban J connectivity index is 1.39. The van der Waals surface area contributed by atoms with Crippen molar-refractivity contribution in [1.82, 2.24) is 15.2 Å². The van der Waals surface area contributed by atoms with Gasteiger partial charge in [0, 0.05) is 25.3 Å². The zero-order valence-corrected chi connectivity index (χ0v) is 13.0. The van der Waals surface area contributed by atoms with Crippen molar-refractivity contribution in [3.63, 3.8) is 0 Å². The number of anilines is 2. The van der Waals surface area contributed by atoms with Crippen LogP contribution in [0.5, 0.6) is 0 Å². The quantitative estimate of drug-likeness (QED) is 0.805. The molecule has 0 unspecified atom stereocenters. The standard InChI is InChI=1S/C16H17N5S/c1-2-5-14-13(4-1)19-16(22-14)18-12-7-10-21(11-8-12)15-6-3-9-17-20-15/h1-6,9,12H,7-8,10-11H2,(H,18,19). The molecule has 1 aromatic carbocycles. The van der Waals surface area contributed by atoms with E-state index in [9.17, 15) is 0 Å². The van der Waals surface area contributed by atoms with E-state index in [0.29, 0.717) is 6.04 Å². The normalized spacial score (nSPS) is 16.1. The lowest BCUT2D eigenvalue weighted by molar-refractivity contribution is 0.522. The largest absolute Gasteiger partial charge is 0.359 e. The molecule has 5 nitrogen and oxygen atoms in total. The first-order valence-electron chi connectivity index (χ1n) is 7.53. The van der Waals surface area contributed by atoms with Crippen LogP contribution >= 0.6 is 11.3 Å². The number of hydrogen-bond acceptors (Lipinski definition) is 6. The minimum Gasteiger partial charge on any atom is -0.359 e. The van der Waals surface area contributed by atoms with Gasteiger partial charge in [0.2, 0.25) is 0 Å². The van der Waals surface area contributed by atoms with Gasteiger partial charge in [0.1, 0.15) is 0 Å². The second-order valence-corrected chi connectivity index (χ2v) is 6.50. The summed E-state index contributed by atoms with van der Waals surface area (Å²) < 4.78 is 1.24. The number of hydrogen-bond donors (Lipinski definition) is 1.